The van der Waals surface area contributed by atoms with Crippen LogP contribution in [0.1, 0.15) is 35.6 Å². The Hall–Kier alpha value is -4.31. The molecule has 3 aliphatic heterocycles. The molecular formula is C29H26N4O5S. The predicted molar refractivity (Wildman–Crippen MR) is 150 cm³/mol. The van der Waals surface area contributed by atoms with Crippen LogP contribution in [0.5, 0.6) is 17.2 Å². The quantitative estimate of drug-likeness (QED) is 0.472. The Morgan fingerprint density at radius 3 is 2.62 bits per heavy atom. The van der Waals surface area contributed by atoms with Gasteiger partial charge in [0.2, 0.25) is 12.7 Å². The predicted octanol–water partition coefficient (Wildman–Crippen LogP) is 4.91. The number of amides is 2. The third-order valence-corrected chi connectivity index (χ3v) is 7.89. The summed E-state index contributed by atoms with van der Waals surface area (Å²) in [7, 11) is 1.63. The molecule has 0 aliphatic carbocycles. The average Bonchev–Trinajstić information content (AvgIpc) is 3.68. The van der Waals surface area contributed by atoms with E-state index < -0.39 is 5.25 Å². The van der Waals surface area contributed by atoms with Gasteiger partial charge in [-0.25, -0.2) is 5.01 Å². The number of rotatable bonds is 6. The van der Waals surface area contributed by atoms with Gasteiger partial charge in [0, 0.05) is 24.6 Å². The van der Waals surface area contributed by atoms with Gasteiger partial charge in [0.25, 0.3) is 5.91 Å². The minimum Gasteiger partial charge on any atom is -0.497 e. The summed E-state index contributed by atoms with van der Waals surface area (Å²) in [6.45, 7) is 2.20. The number of aryl methyl sites for hydroxylation is 1. The lowest BCUT2D eigenvalue weighted by Gasteiger charge is -2.23. The van der Waals surface area contributed by atoms with Crippen molar-refractivity contribution in [2.45, 2.75) is 31.1 Å². The Bertz CT molecular complexity index is 1490. The summed E-state index contributed by atoms with van der Waals surface area (Å²) in [5, 5.41) is 9.42. The first-order valence-electron chi connectivity index (χ1n) is 12.5. The highest BCUT2D eigenvalue weighted by Gasteiger charge is 2.39. The molecular weight excluding hydrogens is 516 g/mol. The number of thioether (sulfide) groups is 1. The molecule has 3 aromatic carbocycles. The zero-order valence-electron chi connectivity index (χ0n) is 21.4. The van der Waals surface area contributed by atoms with Crippen molar-refractivity contribution in [1.29, 1.82) is 0 Å². The molecule has 2 amide bonds. The molecule has 198 valence electrons. The number of nitrogens with one attached hydrogen (secondary N) is 1. The van der Waals surface area contributed by atoms with Gasteiger partial charge in [-0.15, -0.1) is 0 Å². The Labute approximate surface area is 229 Å². The van der Waals surface area contributed by atoms with Gasteiger partial charge in [-0.05, 0) is 42.3 Å². The molecule has 2 atom stereocenters. The van der Waals surface area contributed by atoms with Crippen LogP contribution in [0.3, 0.4) is 0 Å². The van der Waals surface area contributed by atoms with Gasteiger partial charge in [-0.2, -0.15) is 10.1 Å². The third-order valence-electron chi connectivity index (χ3n) is 6.75. The molecule has 0 bridgehead atoms. The number of methoxy groups -OCH3 is 1. The van der Waals surface area contributed by atoms with E-state index in [1.54, 1.807) is 25.3 Å². The van der Waals surface area contributed by atoms with Crippen molar-refractivity contribution in [1.82, 2.24) is 5.01 Å². The molecule has 0 aromatic heterocycles. The Balaban J connectivity index is 1.19. The highest BCUT2D eigenvalue weighted by molar-refractivity contribution is 8.15. The molecule has 0 unspecified atom stereocenters. The molecule has 10 heteroatoms. The van der Waals surface area contributed by atoms with Gasteiger partial charge in [-0.3, -0.25) is 9.59 Å². The van der Waals surface area contributed by atoms with Crippen molar-refractivity contribution < 1.29 is 23.8 Å². The summed E-state index contributed by atoms with van der Waals surface area (Å²) < 4.78 is 16.0. The monoisotopic (exact) mass is 542 g/mol. The number of hydrogen-bond acceptors (Lipinski definition) is 8. The molecule has 3 aliphatic rings. The van der Waals surface area contributed by atoms with E-state index in [-0.39, 0.29) is 31.1 Å². The van der Waals surface area contributed by atoms with Crippen molar-refractivity contribution >= 4 is 40.1 Å². The number of aliphatic imine (C=N–C) groups is 1. The maximum atomic E-state index is 12.9. The second-order valence-electron chi connectivity index (χ2n) is 9.41. The summed E-state index contributed by atoms with van der Waals surface area (Å²) in [6.07, 6.45) is 0.638. The number of carbonyl (C=O) groups is 2. The van der Waals surface area contributed by atoms with Gasteiger partial charge in [0.15, 0.2) is 16.7 Å². The fourth-order valence-electron chi connectivity index (χ4n) is 4.65. The smallest absolute Gasteiger partial charge is 0.262 e. The summed E-state index contributed by atoms with van der Waals surface area (Å²) in [4.78, 5) is 30.0. The molecule has 0 saturated carbocycles. The van der Waals surface area contributed by atoms with E-state index >= 15 is 0 Å². The fourth-order valence-corrected chi connectivity index (χ4v) is 5.71. The zero-order chi connectivity index (χ0) is 26.9. The zero-order valence-corrected chi connectivity index (χ0v) is 22.2. The van der Waals surface area contributed by atoms with Crippen molar-refractivity contribution in [3.8, 4) is 17.2 Å². The molecule has 6 rings (SSSR count). The lowest BCUT2D eigenvalue weighted by molar-refractivity contribution is -0.121. The van der Waals surface area contributed by atoms with Gasteiger partial charge in [-0.1, -0.05) is 53.7 Å². The molecule has 39 heavy (non-hydrogen) atoms. The van der Waals surface area contributed by atoms with Crippen LogP contribution < -0.4 is 19.5 Å². The number of benzene rings is 3. The van der Waals surface area contributed by atoms with E-state index in [0.29, 0.717) is 28.8 Å². The van der Waals surface area contributed by atoms with Gasteiger partial charge in [0.05, 0.1) is 18.9 Å². The Morgan fingerprint density at radius 2 is 1.85 bits per heavy atom. The normalized spacial score (nSPS) is 19.6. The Morgan fingerprint density at radius 1 is 1.08 bits per heavy atom. The molecule has 3 heterocycles. The summed E-state index contributed by atoms with van der Waals surface area (Å²) in [5.41, 5.74) is 4.71. The van der Waals surface area contributed by atoms with Crippen LogP contribution in [0.2, 0.25) is 0 Å². The second kappa shape index (κ2) is 10.5. The third kappa shape index (κ3) is 5.20. The van der Waals surface area contributed by atoms with Crippen LogP contribution in [0.15, 0.2) is 76.8 Å². The number of anilines is 1. The van der Waals surface area contributed by atoms with E-state index in [9.17, 15) is 9.59 Å². The average molecular weight is 543 g/mol. The van der Waals surface area contributed by atoms with Crippen LogP contribution in [0.4, 0.5) is 5.69 Å². The van der Waals surface area contributed by atoms with Crippen molar-refractivity contribution in [3.63, 3.8) is 0 Å². The number of hydrogen-bond donors (Lipinski definition) is 1. The van der Waals surface area contributed by atoms with Gasteiger partial charge >= 0.3 is 0 Å². The highest BCUT2D eigenvalue weighted by Crippen LogP contribution is 2.39. The molecule has 0 spiro atoms. The first-order valence-corrected chi connectivity index (χ1v) is 13.4. The SMILES string of the molecule is COc1ccc([C@H]2CC(c3ccc(C)cc3)=NN2C2=NC(=O)[C@@H](CC(=O)Nc3ccc4c(c3)OCO4)S2)cc1. The highest BCUT2D eigenvalue weighted by atomic mass is 32.2. The lowest BCUT2D eigenvalue weighted by atomic mass is 9.98. The summed E-state index contributed by atoms with van der Waals surface area (Å²) >= 11 is 1.27. The molecule has 0 fully saturated rings. The number of amidine groups is 1. The molecule has 9 nitrogen and oxygen atoms in total. The first kappa shape index (κ1) is 25.0. The topological polar surface area (TPSA) is 102 Å². The number of hydrazone groups is 1. The number of nitrogens with zero attached hydrogens (tertiary/aromatic N) is 3. The van der Waals surface area contributed by atoms with Crippen molar-refractivity contribution in [2.75, 3.05) is 19.2 Å². The van der Waals surface area contributed by atoms with Gasteiger partial charge in [0.1, 0.15) is 11.0 Å². The molecule has 3 aromatic rings. The molecule has 0 saturated heterocycles. The fraction of sp³-hybridized carbons (Fsp3) is 0.241. The van der Waals surface area contributed by atoms with Crippen LogP contribution >= 0.6 is 11.8 Å². The van der Waals surface area contributed by atoms with Crippen molar-refractivity contribution in [3.05, 3.63) is 83.4 Å². The molecule has 0 radical (unpaired) electrons. The van der Waals surface area contributed by atoms with E-state index in [1.165, 1.54) is 17.3 Å². The Kier molecular flexibility index (Phi) is 6.70. The van der Waals surface area contributed by atoms with Crippen molar-refractivity contribution in [2.24, 2.45) is 10.1 Å². The van der Waals surface area contributed by atoms with Crippen LogP contribution in [-0.4, -0.2) is 46.9 Å². The largest absolute Gasteiger partial charge is 0.497 e. The first-order chi connectivity index (χ1) is 19.0. The van der Waals surface area contributed by atoms with E-state index in [2.05, 4.69) is 34.6 Å². The van der Waals surface area contributed by atoms with E-state index in [1.807, 2.05) is 36.2 Å². The molecule has 1 N–H and O–H groups in total. The maximum absolute atomic E-state index is 12.9. The minimum absolute atomic E-state index is 0.0134. The van der Waals surface area contributed by atoms with Crippen LogP contribution in [-0.2, 0) is 9.59 Å². The van der Waals surface area contributed by atoms with Crippen LogP contribution in [0.25, 0.3) is 0 Å². The van der Waals surface area contributed by atoms with Crippen LogP contribution in [0, 0.1) is 6.92 Å². The number of carbonyl (C=O) groups excluding carboxylic acids is 2. The summed E-state index contributed by atoms with van der Waals surface area (Å²) in [6, 6.07) is 21.1. The van der Waals surface area contributed by atoms with E-state index in [0.717, 1.165) is 22.6 Å². The van der Waals surface area contributed by atoms with E-state index in [4.69, 9.17) is 19.3 Å². The second-order valence-corrected chi connectivity index (χ2v) is 10.6. The number of fused-ring (bicyclic) bond motifs is 1. The number of ether oxygens (including phenoxy) is 3. The van der Waals surface area contributed by atoms with Gasteiger partial charge < -0.3 is 19.5 Å². The maximum Gasteiger partial charge on any atom is 0.262 e. The minimum atomic E-state index is -0.635. The standard InChI is InChI=1S/C29H26N4O5S/c1-17-3-5-18(6-4-17)22-14-23(19-7-10-21(36-2)11-8-19)33(32-22)29-31-28(35)26(39-29)15-27(34)30-20-9-12-24-25(13-20)38-16-37-24/h3-13,23,26H,14-16H2,1-2H3,(H,30,34)/t23-,26-/m1/s1. The lowest BCUT2D eigenvalue weighted by Crippen LogP contribution is -2.25. The summed E-state index contributed by atoms with van der Waals surface area (Å²) in [5.74, 6) is 1.34.